The molecule has 0 aromatic carbocycles. The van der Waals surface area contributed by atoms with Crippen molar-refractivity contribution in [1.29, 1.82) is 0 Å². The van der Waals surface area contributed by atoms with E-state index >= 15 is 0 Å². The molecule has 0 saturated heterocycles. The van der Waals surface area contributed by atoms with E-state index in [1.54, 1.807) is 0 Å². The van der Waals surface area contributed by atoms with Gasteiger partial charge in [-0.2, -0.15) is 0 Å². The number of aliphatic hydroxyl groups excluding tert-OH is 2. The molecular formula is C48H78O6. The lowest BCUT2D eigenvalue weighted by Gasteiger charge is -2.60. The maximum absolute atomic E-state index is 13.3. The van der Waals surface area contributed by atoms with Crippen molar-refractivity contribution in [2.24, 2.45) is 92.7 Å². The van der Waals surface area contributed by atoms with E-state index in [4.69, 9.17) is 5.11 Å². The molecule has 0 heterocycles. The summed E-state index contributed by atoms with van der Waals surface area (Å²) in [6.45, 7) is 16.9. The monoisotopic (exact) mass is 751 g/mol. The van der Waals surface area contributed by atoms with Crippen molar-refractivity contribution in [3.05, 3.63) is 0 Å². The molecule has 8 rings (SSSR count). The summed E-state index contributed by atoms with van der Waals surface area (Å²) in [5.74, 6) is 6.40. The molecule has 8 saturated carbocycles. The van der Waals surface area contributed by atoms with E-state index in [0.717, 1.165) is 82.5 Å². The van der Waals surface area contributed by atoms with Crippen LogP contribution >= 0.6 is 0 Å². The molecule has 0 spiro atoms. The second-order valence-corrected chi connectivity index (χ2v) is 22.2. The van der Waals surface area contributed by atoms with Crippen LogP contribution in [-0.2, 0) is 14.4 Å². The van der Waals surface area contributed by atoms with Gasteiger partial charge in [-0.05, 0) is 177 Å². The zero-order valence-corrected chi connectivity index (χ0v) is 35.3. The van der Waals surface area contributed by atoms with Crippen molar-refractivity contribution >= 4 is 17.5 Å². The minimum absolute atomic E-state index is 0.169. The van der Waals surface area contributed by atoms with E-state index in [0.29, 0.717) is 82.1 Å². The van der Waals surface area contributed by atoms with Gasteiger partial charge in [0.05, 0.1) is 12.2 Å². The standard InChI is InChI=1S/C24H38O4.C24H40O2/c1-14(4-7-21(27)28)17-5-6-18-22-19(9-11-24(17,18)3)23(2)10-8-16(25)12-15(23)13-20(22)26;1-5-6-15(2)18-7-8-19-22-20(10-12-24(18,19)4)23(3)11-9-17(25)13-16(23)14-21(22)26/h14-19,22,25H,4-13H2,1-3H3,(H,27,28);15-20,22,25H,5-14H2,1-4H3/t14-,15+,16-,17-,18?,19?,22+,23+,24-;15-,16+,17-,18-,19?,20?,22+,23+,24-/m11/s1. The summed E-state index contributed by atoms with van der Waals surface area (Å²) in [6.07, 6.45) is 20.2. The first-order valence-electron chi connectivity index (χ1n) is 23.1. The van der Waals surface area contributed by atoms with Crippen LogP contribution in [-0.4, -0.2) is 45.1 Å². The summed E-state index contributed by atoms with van der Waals surface area (Å²) in [4.78, 5) is 37.7. The number of hydrogen-bond donors (Lipinski definition) is 3. The van der Waals surface area contributed by atoms with Crippen LogP contribution in [0.4, 0.5) is 0 Å². The van der Waals surface area contributed by atoms with Crippen molar-refractivity contribution < 1.29 is 29.7 Å². The molecule has 8 aliphatic rings. The molecule has 18 atom stereocenters. The van der Waals surface area contributed by atoms with Gasteiger partial charge in [0.2, 0.25) is 0 Å². The Balaban J connectivity index is 0.000000167. The Bertz CT molecular complexity index is 1410. The van der Waals surface area contributed by atoms with Gasteiger partial charge in [0, 0.05) is 31.1 Å². The fourth-order valence-electron chi connectivity index (χ4n) is 17.0. The molecule has 6 heteroatoms. The maximum atomic E-state index is 13.3. The summed E-state index contributed by atoms with van der Waals surface area (Å²) >= 11 is 0. The third-order valence-corrected chi connectivity index (χ3v) is 20.0. The third-order valence-electron chi connectivity index (χ3n) is 20.0. The Kier molecular flexibility index (Phi) is 11.5. The van der Waals surface area contributed by atoms with Crippen LogP contribution in [0, 0.1) is 92.7 Å². The lowest BCUT2D eigenvalue weighted by atomic mass is 9.44. The van der Waals surface area contributed by atoms with Gasteiger partial charge in [0.1, 0.15) is 11.6 Å². The predicted octanol–water partition coefficient (Wildman–Crippen LogP) is 10.3. The molecule has 0 bridgehead atoms. The molecule has 0 radical (unpaired) electrons. The Hall–Kier alpha value is -1.27. The van der Waals surface area contributed by atoms with E-state index in [2.05, 4.69) is 48.5 Å². The van der Waals surface area contributed by atoms with Crippen LogP contribution in [0.25, 0.3) is 0 Å². The molecular weight excluding hydrogens is 673 g/mol. The normalized spacial score (nSPS) is 50.5. The molecule has 0 aliphatic heterocycles. The highest BCUT2D eigenvalue weighted by molar-refractivity contribution is 5.84. The lowest BCUT2D eigenvalue weighted by molar-refractivity contribution is -0.161. The van der Waals surface area contributed by atoms with Gasteiger partial charge in [-0.25, -0.2) is 0 Å². The molecule has 0 aromatic heterocycles. The summed E-state index contributed by atoms with van der Waals surface area (Å²) < 4.78 is 0. The quantitative estimate of drug-likeness (QED) is 0.239. The maximum Gasteiger partial charge on any atom is 0.303 e. The molecule has 306 valence electrons. The molecule has 4 unspecified atom stereocenters. The first-order valence-corrected chi connectivity index (χ1v) is 23.1. The largest absolute Gasteiger partial charge is 0.481 e. The first kappa shape index (κ1) is 40.9. The van der Waals surface area contributed by atoms with Crippen LogP contribution in [0.15, 0.2) is 0 Å². The highest BCUT2D eigenvalue weighted by Gasteiger charge is 2.64. The van der Waals surface area contributed by atoms with Crippen molar-refractivity contribution in [1.82, 2.24) is 0 Å². The molecule has 6 nitrogen and oxygen atoms in total. The number of Topliss-reactive ketones (excluding diaryl/α,β-unsaturated/α-hetero) is 2. The minimum Gasteiger partial charge on any atom is -0.481 e. The van der Waals surface area contributed by atoms with Crippen LogP contribution in [0.2, 0.25) is 0 Å². The van der Waals surface area contributed by atoms with Gasteiger partial charge >= 0.3 is 5.97 Å². The number of carboxylic acid groups (broad SMARTS) is 1. The van der Waals surface area contributed by atoms with E-state index in [1.165, 1.54) is 44.9 Å². The fourth-order valence-corrected chi connectivity index (χ4v) is 17.0. The highest BCUT2D eigenvalue weighted by atomic mass is 16.4. The number of carboxylic acids is 1. The van der Waals surface area contributed by atoms with Crippen molar-refractivity contribution in [2.75, 3.05) is 0 Å². The number of rotatable bonds is 7. The number of hydrogen-bond acceptors (Lipinski definition) is 5. The fraction of sp³-hybridized carbons (Fsp3) is 0.938. The van der Waals surface area contributed by atoms with Gasteiger partial charge in [0.25, 0.3) is 0 Å². The van der Waals surface area contributed by atoms with Gasteiger partial charge in [-0.3, -0.25) is 14.4 Å². The molecule has 3 N–H and O–H groups in total. The van der Waals surface area contributed by atoms with E-state index < -0.39 is 5.97 Å². The predicted molar refractivity (Wildman–Crippen MR) is 213 cm³/mol. The van der Waals surface area contributed by atoms with E-state index in [9.17, 15) is 24.6 Å². The second-order valence-electron chi connectivity index (χ2n) is 22.2. The van der Waals surface area contributed by atoms with Gasteiger partial charge in [-0.1, -0.05) is 61.3 Å². The summed E-state index contributed by atoms with van der Waals surface area (Å²) in [6, 6.07) is 0. The summed E-state index contributed by atoms with van der Waals surface area (Å²) in [5.41, 5.74) is 1.09. The summed E-state index contributed by atoms with van der Waals surface area (Å²) in [7, 11) is 0. The molecule has 54 heavy (non-hydrogen) atoms. The minimum atomic E-state index is -0.698. The van der Waals surface area contributed by atoms with Gasteiger partial charge in [-0.15, -0.1) is 0 Å². The van der Waals surface area contributed by atoms with Crippen LogP contribution < -0.4 is 0 Å². The average Bonchev–Trinajstić information content (AvgIpc) is 3.66. The van der Waals surface area contributed by atoms with Crippen LogP contribution in [0.3, 0.4) is 0 Å². The lowest BCUT2D eigenvalue weighted by Crippen LogP contribution is -2.57. The first-order chi connectivity index (χ1) is 25.5. The summed E-state index contributed by atoms with van der Waals surface area (Å²) in [5, 5.41) is 29.4. The Morgan fingerprint density at radius 3 is 1.41 bits per heavy atom. The van der Waals surface area contributed by atoms with Gasteiger partial charge < -0.3 is 15.3 Å². The highest BCUT2D eigenvalue weighted by Crippen LogP contribution is 2.69. The number of aliphatic hydroxyl groups is 2. The zero-order valence-electron chi connectivity index (χ0n) is 35.3. The third kappa shape index (κ3) is 6.71. The number of ketones is 2. The number of aliphatic carboxylic acids is 1. The van der Waals surface area contributed by atoms with Crippen molar-refractivity contribution in [2.45, 2.75) is 189 Å². The van der Waals surface area contributed by atoms with Gasteiger partial charge in [0.15, 0.2) is 0 Å². The number of carbonyl (C=O) groups is 3. The zero-order chi connectivity index (χ0) is 39.0. The Labute approximate surface area is 328 Å². The van der Waals surface area contributed by atoms with Crippen LogP contribution in [0.5, 0.6) is 0 Å². The number of carbonyl (C=O) groups excluding carboxylic acids is 2. The van der Waals surface area contributed by atoms with Crippen LogP contribution in [0.1, 0.15) is 177 Å². The van der Waals surface area contributed by atoms with Crippen molar-refractivity contribution in [3.8, 4) is 0 Å². The Morgan fingerprint density at radius 1 is 0.611 bits per heavy atom. The smallest absolute Gasteiger partial charge is 0.303 e. The molecule has 0 aromatic rings. The number of fused-ring (bicyclic) bond motifs is 10. The average molecular weight is 751 g/mol. The molecule has 8 fully saturated rings. The topological polar surface area (TPSA) is 112 Å². The molecule has 8 aliphatic carbocycles. The second kappa shape index (κ2) is 15.2. The van der Waals surface area contributed by atoms with E-state index in [-0.39, 0.29) is 35.4 Å². The van der Waals surface area contributed by atoms with Crippen molar-refractivity contribution in [3.63, 3.8) is 0 Å². The van der Waals surface area contributed by atoms with E-state index in [1.807, 2.05) is 0 Å². The Morgan fingerprint density at radius 2 is 1.00 bits per heavy atom. The molecule has 0 amide bonds. The SMILES string of the molecule is CCC[C@@H](C)[C@H]1CCC2[C@@H]3C(=O)C[C@@H]4C[C@H](O)CC[C@]4(C)C3CC[C@@]21C.C[C@H](CCC(=O)O)[C@H]1CCC2[C@@H]3C(=O)C[C@@H]4C[C@H](O)CC[C@]4(C)C3CC[C@@]21C.